The molecule has 6 heteroatoms. The number of piperazine rings is 1. The zero-order chi connectivity index (χ0) is 17.9. The molecule has 0 spiro atoms. The van der Waals surface area contributed by atoms with Gasteiger partial charge in [0.25, 0.3) is 0 Å². The number of benzene rings is 1. The lowest BCUT2D eigenvalue weighted by Crippen LogP contribution is -2.52. The van der Waals surface area contributed by atoms with Crippen LogP contribution in [0.3, 0.4) is 0 Å². The number of hydrogen-bond acceptors (Lipinski definition) is 6. The van der Waals surface area contributed by atoms with Crippen molar-refractivity contribution in [1.29, 1.82) is 0 Å². The van der Waals surface area contributed by atoms with Gasteiger partial charge >= 0.3 is 0 Å². The minimum atomic E-state index is 0.483. The summed E-state index contributed by atoms with van der Waals surface area (Å²) in [5, 5.41) is 8.43. The van der Waals surface area contributed by atoms with Crippen molar-refractivity contribution in [2.45, 2.75) is 25.8 Å². The van der Waals surface area contributed by atoms with E-state index in [1.807, 2.05) is 0 Å². The fourth-order valence-corrected chi connectivity index (χ4v) is 4.59. The molecule has 0 amide bonds. The maximum absolute atomic E-state index is 5.21. The minimum Gasteiger partial charge on any atom is -0.385 e. The summed E-state index contributed by atoms with van der Waals surface area (Å²) in [6.45, 7) is 5.94. The van der Waals surface area contributed by atoms with Gasteiger partial charge < -0.3 is 20.3 Å². The summed E-state index contributed by atoms with van der Waals surface area (Å²) in [4.78, 5) is 8.84. The number of para-hydroxylation sites is 2. The van der Waals surface area contributed by atoms with E-state index >= 15 is 0 Å². The Hall–Kier alpha value is -1.89. The highest BCUT2D eigenvalue weighted by molar-refractivity contribution is 7.16. The monoisotopic (exact) mass is 370 g/mol. The van der Waals surface area contributed by atoms with Gasteiger partial charge in [-0.3, -0.25) is 0 Å². The highest BCUT2D eigenvalue weighted by Crippen LogP contribution is 2.39. The molecule has 2 aliphatic heterocycles. The number of methoxy groups -OCH3 is 1. The van der Waals surface area contributed by atoms with E-state index in [1.54, 1.807) is 18.4 Å². The van der Waals surface area contributed by atoms with Gasteiger partial charge in [0, 0.05) is 44.3 Å². The number of hydrogen-bond donors (Lipinski definition) is 2. The molecule has 1 saturated heterocycles. The molecule has 2 N–H and O–H groups in total. The van der Waals surface area contributed by atoms with Crippen LogP contribution < -0.4 is 10.6 Å². The third-order valence-electron chi connectivity index (χ3n) is 4.93. The summed E-state index contributed by atoms with van der Waals surface area (Å²) < 4.78 is 5.21. The van der Waals surface area contributed by atoms with Crippen LogP contribution in [0.25, 0.3) is 0 Å². The number of aryl methyl sites for hydroxylation is 1. The van der Waals surface area contributed by atoms with Crippen LogP contribution in [-0.2, 0) is 4.74 Å². The Morgan fingerprint density at radius 1 is 1.35 bits per heavy atom. The number of nitrogens with zero attached hydrogens (tertiary/aromatic N) is 2. The number of amidine groups is 1. The van der Waals surface area contributed by atoms with E-state index in [0.29, 0.717) is 6.04 Å². The van der Waals surface area contributed by atoms with Gasteiger partial charge in [-0.1, -0.05) is 12.1 Å². The molecule has 0 bridgehead atoms. The lowest BCUT2D eigenvalue weighted by Gasteiger charge is -2.35. The largest absolute Gasteiger partial charge is 0.385 e. The minimum absolute atomic E-state index is 0.483. The molecule has 0 aliphatic carbocycles. The first kappa shape index (κ1) is 17.5. The average Bonchev–Trinajstić information content (AvgIpc) is 2.94. The first-order chi connectivity index (χ1) is 12.7. The van der Waals surface area contributed by atoms with Crippen molar-refractivity contribution >= 4 is 33.5 Å². The standard InChI is InChI=1S/C20H26N4OS/c1-14-12-16-19(24-10-9-21-15(13-24)6-5-11-25-2)22-17-7-3-4-8-18(17)23-20(16)26-14/h3-4,7-8,12,15,21,23H,5-6,9-11,13H2,1-2H3/t15-/m0/s1. The normalized spacial score (nSPS) is 19.2. The fourth-order valence-electron chi connectivity index (χ4n) is 3.67. The Labute approximate surface area is 159 Å². The van der Waals surface area contributed by atoms with Gasteiger partial charge in [-0.15, -0.1) is 11.3 Å². The van der Waals surface area contributed by atoms with Crippen LogP contribution in [0.5, 0.6) is 0 Å². The molecule has 1 aromatic heterocycles. The average molecular weight is 371 g/mol. The molecule has 2 aliphatic rings. The first-order valence-electron chi connectivity index (χ1n) is 9.27. The second-order valence-electron chi connectivity index (χ2n) is 6.91. The van der Waals surface area contributed by atoms with E-state index in [2.05, 4.69) is 52.8 Å². The molecule has 4 rings (SSSR count). The predicted octanol–water partition coefficient (Wildman–Crippen LogP) is 3.89. The SMILES string of the molecule is COCCC[C@H]1CN(C2=Nc3ccccc3Nc3sc(C)cc32)CCN1. The van der Waals surface area contributed by atoms with E-state index < -0.39 is 0 Å². The van der Waals surface area contributed by atoms with Crippen LogP contribution in [0, 0.1) is 6.92 Å². The zero-order valence-corrected chi connectivity index (χ0v) is 16.2. The van der Waals surface area contributed by atoms with Gasteiger partial charge in [0.1, 0.15) is 10.8 Å². The topological polar surface area (TPSA) is 48.9 Å². The van der Waals surface area contributed by atoms with Gasteiger partial charge in [0.05, 0.1) is 16.9 Å². The van der Waals surface area contributed by atoms with Crippen molar-refractivity contribution in [3.63, 3.8) is 0 Å². The molecule has 0 unspecified atom stereocenters. The molecule has 1 aromatic carbocycles. The van der Waals surface area contributed by atoms with E-state index in [4.69, 9.17) is 9.73 Å². The number of nitrogens with one attached hydrogen (secondary N) is 2. The second-order valence-corrected chi connectivity index (χ2v) is 8.17. The van der Waals surface area contributed by atoms with E-state index in [-0.39, 0.29) is 0 Å². The first-order valence-corrected chi connectivity index (χ1v) is 10.1. The van der Waals surface area contributed by atoms with Crippen molar-refractivity contribution in [3.8, 4) is 0 Å². The van der Waals surface area contributed by atoms with E-state index in [0.717, 1.165) is 56.3 Å². The van der Waals surface area contributed by atoms with Gasteiger partial charge in [-0.2, -0.15) is 0 Å². The van der Waals surface area contributed by atoms with E-state index in [9.17, 15) is 0 Å². The summed E-state index contributed by atoms with van der Waals surface area (Å²) >= 11 is 1.80. The molecular weight excluding hydrogens is 344 g/mol. The van der Waals surface area contributed by atoms with Crippen LogP contribution in [0.4, 0.5) is 16.4 Å². The number of rotatable bonds is 4. The maximum Gasteiger partial charge on any atom is 0.139 e. The Bertz CT molecular complexity index is 801. The number of aliphatic imine (C=N–C) groups is 1. The highest BCUT2D eigenvalue weighted by Gasteiger charge is 2.27. The molecule has 0 radical (unpaired) electrons. The van der Waals surface area contributed by atoms with Crippen LogP contribution in [0.2, 0.25) is 0 Å². The summed E-state index contributed by atoms with van der Waals surface area (Å²) in [6.07, 6.45) is 2.21. The van der Waals surface area contributed by atoms with Crippen molar-refractivity contribution in [3.05, 3.63) is 40.8 Å². The van der Waals surface area contributed by atoms with E-state index in [1.165, 1.54) is 15.4 Å². The Kier molecular flexibility index (Phi) is 5.24. The molecule has 2 aromatic rings. The van der Waals surface area contributed by atoms with Gasteiger partial charge in [-0.05, 0) is 38.0 Å². The van der Waals surface area contributed by atoms with Crippen LogP contribution in [-0.4, -0.2) is 50.1 Å². The smallest absolute Gasteiger partial charge is 0.139 e. The maximum atomic E-state index is 5.21. The Morgan fingerprint density at radius 2 is 2.23 bits per heavy atom. The molecule has 138 valence electrons. The van der Waals surface area contributed by atoms with Gasteiger partial charge in [-0.25, -0.2) is 4.99 Å². The van der Waals surface area contributed by atoms with Gasteiger partial charge in [0.15, 0.2) is 0 Å². The predicted molar refractivity (Wildman–Crippen MR) is 109 cm³/mol. The van der Waals surface area contributed by atoms with Crippen molar-refractivity contribution in [2.24, 2.45) is 4.99 Å². The second kappa shape index (κ2) is 7.78. The quantitative estimate of drug-likeness (QED) is 0.802. The third kappa shape index (κ3) is 3.63. The van der Waals surface area contributed by atoms with Crippen molar-refractivity contribution in [1.82, 2.24) is 10.2 Å². The number of ether oxygens (including phenoxy) is 1. The molecular formula is C20H26N4OS. The van der Waals surface area contributed by atoms with Crippen molar-refractivity contribution in [2.75, 3.05) is 38.7 Å². The fraction of sp³-hybridized carbons (Fsp3) is 0.450. The zero-order valence-electron chi connectivity index (χ0n) is 15.4. The summed E-state index contributed by atoms with van der Waals surface area (Å²) in [5.74, 6) is 1.10. The Morgan fingerprint density at radius 3 is 3.12 bits per heavy atom. The lowest BCUT2D eigenvalue weighted by atomic mass is 10.1. The summed E-state index contributed by atoms with van der Waals surface area (Å²) in [7, 11) is 1.77. The lowest BCUT2D eigenvalue weighted by molar-refractivity contribution is 0.182. The molecule has 26 heavy (non-hydrogen) atoms. The summed E-state index contributed by atoms with van der Waals surface area (Å²) in [5.41, 5.74) is 3.32. The molecule has 5 nitrogen and oxygen atoms in total. The summed E-state index contributed by atoms with van der Waals surface area (Å²) in [6, 6.07) is 11.0. The van der Waals surface area contributed by atoms with Crippen LogP contribution >= 0.6 is 11.3 Å². The number of fused-ring (bicyclic) bond motifs is 2. The van der Waals surface area contributed by atoms with Gasteiger partial charge in [0.2, 0.25) is 0 Å². The number of thiophene rings is 1. The van der Waals surface area contributed by atoms with Crippen molar-refractivity contribution < 1.29 is 4.74 Å². The Balaban J connectivity index is 1.64. The highest BCUT2D eigenvalue weighted by atomic mass is 32.1. The van der Waals surface area contributed by atoms with Crippen LogP contribution in [0.15, 0.2) is 35.3 Å². The number of anilines is 2. The molecule has 1 atom stereocenters. The molecule has 0 saturated carbocycles. The third-order valence-corrected chi connectivity index (χ3v) is 5.90. The molecule has 1 fully saturated rings. The molecule has 3 heterocycles. The van der Waals surface area contributed by atoms with Crippen LogP contribution in [0.1, 0.15) is 23.3 Å².